The van der Waals surface area contributed by atoms with Gasteiger partial charge in [0.25, 0.3) is 11.8 Å². The lowest BCUT2D eigenvalue weighted by Gasteiger charge is -2.22. The van der Waals surface area contributed by atoms with Gasteiger partial charge in [0.05, 0.1) is 29.9 Å². The van der Waals surface area contributed by atoms with Crippen LogP contribution in [-0.2, 0) is 16.0 Å². The van der Waals surface area contributed by atoms with E-state index < -0.39 is 12.0 Å². The van der Waals surface area contributed by atoms with Crippen LogP contribution in [0.3, 0.4) is 0 Å². The molecule has 3 aromatic carbocycles. The van der Waals surface area contributed by atoms with Crippen molar-refractivity contribution in [2.45, 2.75) is 12.5 Å². The largest absolute Gasteiger partial charge is 0.466 e. The van der Waals surface area contributed by atoms with Crippen molar-refractivity contribution in [3.8, 4) is 0 Å². The molecule has 2 amide bonds. The third kappa shape index (κ3) is 3.83. The van der Waals surface area contributed by atoms with Crippen LogP contribution in [-0.4, -0.2) is 40.9 Å². The maximum atomic E-state index is 12.8. The number of aromatic nitrogens is 1. The van der Waals surface area contributed by atoms with Gasteiger partial charge in [0, 0.05) is 23.6 Å². The van der Waals surface area contributed by atoms with Crippen LogP contribution in [0.5, 0.6) is 0 Å². The monoisotopic (exact) mass is 464 g/mol. The maximum absolute atomic E-state index is 12.8. The number of benzene rings is 3. The standard InChI is InChI=1S/C29H24N2O4/c1-19(29(34)35-2)26(20-10-4-3-5-11-20)31-18-21(22-12-8-9-15-25(22)31)16-17-30-27(32)23-13-6-7-14-24(23)28(30)33/h3-15,18,26H,1,16-17H2,2H3/t26-/m1/s1. The third-order valence-corrected chi connectivity index (χ3v) is 6.48. The van der Waals surface area contributed by atoms with Crippen molar-refractivity contribution >= 4 is 28.7 Å². The number of esters is 1. The van der Waals surface area contributed by atoms with E-state index in [1.54, 1.807) is 24.3 Å². The van der Waals surface area contributed by atoms with Crippen molar-refractivity contribution in [3.05, 3.63) is 119 Å². The van der Waals surface area contributed by atoms with E-state index in [4.69, 9.17) is 4.74 Å². The van der Waals surface area contributed by atoms with Crippen LogP contribution < -0.4 is 0 Å². The summed E-state index contributed by atoms with van der Waals surface area (Å²) in [6.45, 7) is 4.31. The average Bonchev–Trinajstić information content (AvgIpc) is 3.38. The lowest BCUT2D eigenvalue weighted by Crippen LogP contribution is -2.31. The van der Waals surface area contributed by atoms with Gasteiger partial charge in [-0.15, -0.1) is 0 Å². The highest BCUT2D eigenvalue weighted by atomic mass is 16.5. The van der Waals surface area contributed by atoms with E-state index in [0.29, 0.717) is 23.1 Å². The Hall–Kier alpha value is -4.45. The summed E-state index contributed by atoms with van der Waals surface area (Å²) in [6, 6.07) is 24.0. The van der Waals surface area contributed by atoms with Gasteiger partial charge in [-0.3, -0.25) is 14.5 Å². The van der Waals surface area contributed by atoms with E-state index in [2.05, 4.69) is 6.58 Å². The van der Waals surface area contributed by atoms with Crippen molar-refractivity contribution in [2.75, 3.05) is 13.7 Å². The minimum Gasteiger partial charge on any atom is -0.466 e. The van der Waals surface area contributed by atoms with Crippen molar-refractivity contribution in [3.63, 3.8) is 0 Å². The first-order valence-corrected chi connectivity index (χ1v) is 11.4. The van der Waals surface area contributed by atoms with Crippen LogP contribution in [0.25, 0.3) is 10.9 Å². The topological polar surface area (TPSA) is 68.6 Å². The summed E-state index contributed by atoms with van der Waals surface area (Å²) in [5.41, 5.74) is 3.98. The van der Waals surface area contributed by atoms with Crippen molar-refractivity contribution in [1.82, 2.24) is 9.47 Å². The van der Waals surface area contributed by atoms with Crippen molar-refractivity contribution in [2.24, 2.45) is 0 Å². The molecule has 174 valence electrons. The summed E-state index contributed by atoms with van der Waals surface area (Å²) in [5, 5.41) is 0.989. The Kier molecular flexibility index (Phi) is 5.79. The highest BCUT2D eigenvalue weighted by molar-refractivity contribution is 6.21. The number of methoxy groups -OCH3 is 1. The molecular formula is C29H24N2O4. The van der Waals surface area contributed by atoms with E-state index in [0.717, 1.165) is 22.0 Å². The van der Waals surface area contributed by atoms with Crippen LogP contribution in [0.2, 0.25) is 0 Å². The second-order valence-electron chi connectivity index (χ2n) is 8.47. The maximum Gasteiger partial charge on any atom is 0.335 e. The van der Waals surface area contributed by atoms with Gasteiger partial charge >= 0.3 is 5.97 Å². The fraction of sp³-hybridized carbons (Fsp3) is 0.138. The molecule has 1 aromatic heterocycles. The Morgan fingerprint density at radius 1 is 0.886 bits per heavy atom. The third-order valence-electron chi connectivity index (χ3n) is 6.48. The van der Waals surface area contributed by atoms with Gasteiger partial charge in [-0.25, -0.2) is 4.79 Å². The van der Waals surface area contributed by atoms with Crippen LogP contribution >= 0.6 is 0 Å². The van der Waals surface area contributed by atoms with E-state index in [-0.39, 0.29) is 18.4 Å². The summed E-state index contributed by atoms with van der Waals surface area (Å²) in [7, 11) is 1.34. The van der Waals surface area contributed by atoms with Crippen molar-refractivity contribution < 1.29 is 19.1 Å². The van der Waals surface area contributed by atoms with E-state index >= 15 is 0 Å². The fourth-order valence-corrected chi connectivity index (χ4v) is 4.77. The Morgan fingerprint density at radius 3 is 2.14 bits per heavy atom. The highest BCUT2D eigenvalue weighted by Gasteiger charge is 2.35. The lowest BCUT2D eigenvalue weighted by molar-refractivity contribution is -0.136. The number of carbonyl (C=O) groups excluding carboxylic acids is 3. The summed E-state index contributed by atoms with van der Waals surface area (Å²) < 4.78 is 7.01. The number of carbonyl (C=O) groups is 3. The van der Waals surface area contributed by atoms with E-state index in [1.807, 2.05) is 65.4 Å². The normalized spacial score (nSPS) is 13.7. The Bertz CT molecular complexity index is 1430. The van der Waals surface area contributed by atoms with E-state index in [1.165, 1.54) is 12.0 Å². The van der Waals surface area contributed by atoms with Gasteiger partial charge in [0.15, 0.2) is 0 Å². The molecule has 1 aliphatic heterocycles. The number of amides is 2. The number of hydrogen-bond acceptors (Lipinski definition) is 4. The summed E-state index contributed by atoms with van der Waals surface area (Å²) in [6.07, 6.45) is 2.46. The van der Waals surface area contributed by atoms with E-state index in [9.17, 15) is 14.4 Å². The number of ether oxygens (including phenoxy) is 1. The fourth-order valence-electron chi connectivity index (χ4n) is 4.77. The molecule has 0 fully saturated rings. The lowest BCUT2D eigenvalue weighted by atomic mass is 9.99. The number of para-hydroxylation sites is 1. The Labute approximate surface area is 203 Å². The number of nitrogens with zero attached hydrogens (tertiary/aromatic N) is 2. The zero-order chi connectivity index (χ0) is 24.5. The average molecular weight is 465 g/mol. The molecule has 2 heterocycles. The molecule has 6 nitrogen and oxygen atoms in total. The predicted octanol–water partition coefficient (Wildman–Crippen LogP) is 4.80. The molecule has 0 N–H and O–H groups in total. The summed E-state index contributed by atoms with van der Waals surface area (Å²) in [5.74, 6) is -1.02. The molecule has 0 saturated carbocycles. The smallest absolute Gasteiger partial charge is 0.335 e. The zero-order valence-electron chi connectivity index (χ0n) is 19.3. The van der Waals surface area contributed by atoms with Gasteiger partial charge in [0.1, 0.15) is 0 Å². The molecule has 35 heavy (non-hydrogen) atoms. The molecule has 0 saturated heterocycles. The first-order valence-electron chi connectivity index (χ1n) is 11.4. The minimum absolute atomic E-state index is 0.258. The van der Waals surface area contributed by atoms with Gasteiger partial charge < -0.3 is 9.30 Å². The Balaban J connectivity index is 1.52. The van der Waals surface area contributed by atoms with Crippen LogP contribution in [0, 0.1) is 0 Å². The molecule has 1 aliphatic rings. The number of hydrogen-bond donors (Lipinski definition) is 0. The Morgan fingerprint density at radius 2 is 1.49 bits per heavy atom. The van der Waals surface area contributed by atoms with Crippen LogP contribution in [0.4, 0.5) is 0 Å². The second kappa shape index (κ2) is 9.06. The number of rotatable bonds is 7. The van der Waals surface area contributed by atoms with Crippen molar-refractivity contribution in [1.29, 1.82) is 0 Å². The molecule has 0 radical (unpaired) electrons. The summed E-state index contributed by atoms with van der Waals surface area (Å²) >= 11 is 0. The molecule has 1 atom stereocenters. The second-order valence-corrected chi connectivity index (χ2v) is 8.47. The quantitative estimate of drug-likeness (QED) is 0.224. The van der Waals surface area contributed by atoms with Gasteiger partial charge in [-0.1, -0.05) is 67.2 Å². The van der Waals surface area contributed by atoms with Crippen LogP contribution in [0.1, 0.15) is 37.9 Å². The van der Waals surface area contributed by atoms with Gasteiger partial charge in [-0.2, -0.15) is 0 Å². The summed E-state index contributed by atoms with van der Waals surface area (Å²) in [4.78, 5) is 39.5. The molecule has 4 aromatic rings. The first-order chi connectivity index (χ1) is 17.0. The minimum atomic E-state index is -0.482. The molecule has 6 heteroatoms. The number of fused-ring (bicyclic) bond motifs is 2. The first kappa shape index (κ1) is 22.3. The van der Waals surface area contributed by atoms with Gasteiger partial charge in [0.2, 0.25) is 0 Å². The molecule has 0 unspecified atom stereocenters. The SMILES string of the molecule is C=C(C(=O)OC)[C@H](c1ccccc1)n1cc(CCN2C(=O)c3ccccc3C2=O)c2ccccc21. The van der Waals surface area contributed by atoms with Gasteiger partial charge in [-0.05, 0) is 35.7 Å². The zero-order valence-corrected chi connectivity index (χ0v) is 19.3. The molecular weight excluding hydrogens is 440 g/mol. The predicted molar refractivity (Wildman–Crippen MR) is 133 cm³/mol. The molecule has 0 aliphatic carbocycles. The van der Waals surface area contributed by atoms with Crippen LogP contribution in [0.15, 0.2) is 97.2 Å². The molecule has 0 bridgehead atoms. The molecule has 5 rings (SSSR count). The number of imide groups is 1. The highest BCUT2D eigenvalue weighted by Crippen LogP contribution is 2.33. The molecule has 0 spiro atoms.